The van der Waals surface area contributed by atoms with Crippen LogP contribution in [0.15, 0.2) is 42.5 Å². The molecule has 0 aliphatic carbocycles. The SMILES string of the molecule is C[C@@H](O[C@H]1OCC(=O)O[C@H]1c1ccc(F)cc1)c1cc(C(F)(F)F)cc(C(F)(F)F)c1. The van der Waals surface area contributed by atoms with E-state index in [0.29, 0.717) is 12.1 Å². The first-order valence-corrected chi connectivity index (χ1v) is 8.86. The predicted molar refractivity (Wildman–Crippen MR) is 90.9 cm³/mol. The van der Waals surface area contributed by atoms with Crippen LogP contribution in [0.1, 0.15) is 41.4 Å². The third-order valence-corrected chi connectivity index (χ3v) is 4.49. The lowest BCUT2D eigenvalue weighted by Crippen LogP contribution is -2.38. The van der Waals surface area contributed by atoms with E-state index in [0.717, 1.165) is 12.1 Å². The topological polar surface area (TPSA) is 44.8 Å². The Hall–Kier alpha value is -2.66. The number of halogens is 7. The maximum atomic E-state index is 13.2. The highest BCUT2D eigenvalue weighted by Crippen LogP contribution is 2.39. The molecule has 1 aliphatic heterocycles. The molecule has 4 nitrogen and oxygen atoms in total. The Kier molecular flexibility index (Phi) is 6.28. The second-order valence-electron chi connectivity index (χ2n) is 6.76. The van der Waals surface area contributed by atoms with Crippen molar-refractivity contribution in [3.63, 3.8) is 0 Å². The summed E-state index contributed by atoms with van der Waals surface area (Å²) in [6.07, 6.45) is -13.9. The molecule has 0 radical (unpaired) electrons. The number of hydrogen-bond acceptors (Lipinski definition) is 4. The second-order valence-corrected chi connectivity index (χ2v) is 6.76. The van der Waals surface area contributed by atoms with Gasteiger partial charge in [-0.2, -0.15) is 26.3 Å². The lowest BCUT2D eigenvalue weighted by atomic mass is 10.0. The summed E-state index contributed by atoms with van der Waals surface area (Å²) in [7, 11) is 0. The highest BCUT2D eigenvalue weighted by molar-refractivity contribution is 5.71. The highest BCUT2D eigenvalue weighted by Gasteiger charge is 2.39. The van der Waals surface area contributed by atoms with Crippen LogP contribution in [0.4, 0.5) is 30.7 Å². The zero-order valence-electron chi connectivity index (χ0n) is 15.8. The smallest absolute Gasteiger partial charge is 0.416 e. The van der Waals surface area contributed by atoms with Crippen molar-refractivity contribution < 1.29 is 49.7 Å². The normalized spacial score (nSPS) is 21.0. The van der Waals surface area contributed by atoms with E-state index in [1.165, 1.54) is 19.1 Å². The fraction of sp³-hybridized carbons (Fsp3) is 0.350. The van der Waals surface area contributed by atoms with Crippen molar-refractivity contribution >= 4 is 5.97 Å². The van der Waals surface area contributed by atoms with Gasteiger partial charge >= 0.3 is 18.3 Å². The summed E-state index contributed by atoms with van der Waals surface area (Å²) in [5.41, 5.74) is -3.11. The molecule has 3 atom stereocenters. The molecule has 0 amide bonds. The third-order valence-electron chi connectivity index (χ3n) is 4.49. The minimum Gasteiger partial charge on any atom is -0.450 e. The quantitative estimate of drug-likeness (QED) is 0.449. The molecule has 3 rings (SSSR count). The Bertz CT molecular complexity index is 906. The van der Waals surface area contributed by atoms with E-state index < -0.39 is 65.9 Å². The van der Waals surface area contributed by atoms with Crippen molar-refractivity contribution in [1.82, 2.24) is 0 Å². The molecule has 1 saturated heterocycles. The molecule has 0 N–H and O–H groups in total. The molecule has 0 aromatic heterocycles. The van der Waals surface area contributed by atoms with E-state index >= 15 is 0 Å². The zero-order valence-corrected chi connectivity index (χ0v) is 15.8. The lowest BCUT2D eigenvalue weighted by Gasteiger charge is -2.33. The van der Waals surface area contributed by atoms with Gasteiger partial charge in [-0.3, -0.25) is 0 Å². The molecule has 0 saturated carbocycles. The maximum Gasteiger partial charge on any atom is 0.416 e. The molecule has 1 fully saturated rings. The van der Waals surface area contributed by atoms with E-state index in [-0.39, 0.29) is 11.6 Å². The first-order chi connectivity index (χ1) is 14.3. The summed E-state index contributed by atoms with van der Waals surface area (Å²) in [5.74, 6) is -1.33. The van der Waals surface area contributed by atoms with Gasteiger partial charge in [-0.25, -0.2) is 9.18 Å². The monoisotopic (exact) mass is 452 g/mol. The van der Waals surface area contributed by atoms with E-state index in [2.05, 4.69) is 0 Å². The summed E-state index contributed by atoms with van der Waals surface area (Å²) in [4.78, 5) is 11.6. The van der Waals surface area contributed by atoms with Crippen molar-refractivity contribution in [2.75, 3.05) is 6.61 Å². The predicted octanol–water partition coefficient (Wildman–Crippen LogP) is 5.58. The van der Waals surface area contributed by atoms with Crippen LogP contribution in [-0.2, 0) is 31.4 Å². The van der Waals surface area contributed by atoms with Gasteiger partial charge in [0.2, 0.25) is 0 Å². The number of benzene rings is 2. The van der Waals surface area contributed by atoms with Gasteiger partial charge in [0.05, 0.1) is 17.2 Å². The zero-order chi connectivity index (χ0) is 23.0. The van der Waals surface area contributed by atoms with E-state index in [4.69, 9.17) is 14.2 Å². The largest absolute Gasteiger partial charge is 0.450 e. The van der Waals surface area contributed by atoms with Crippen molar-refractivity contribution in [3.8, 4) is 0 Å². The number of rotatable bonds is 4. The molecule has 31 heavy (non-hydrogen) atoms. The van der Waals surface area contributed by atoms with Gasteiger partial charge in [-0.05, 0) is 48.4 Å². The molecule has 0 unspecified atom stereocenters. The Morgan fingerprint density at radius 2 is 1.52 bits per heavy atom. The summed E-state index contributed by atoms with van der Waals surface area (Å²) in [5, 5.41) is 0. The van der Waals surface area contributed by atoms with Crippen molar-refractivity contribution in [2.24, 2.45) is 0 Å². The minimum atomic E-state index is -5.01. The second kappa shape index (κ2) is 8.46. The molecular formula is C20H15F7O4. The summed E-state index contributed by atoms with van der Waals surface area (Å²) in [6, 6.07) is 5.84. The minimum absolute atomic E-state index is 0.0103. The van der Waals surface area contributed by atoms with Crippen molar-refractivity contribution in [2.45, 2.75) is 37.8 Å². The van der Waals surface area contributed by atoms with Crippen LogP contribution in [0, 0.1) is 5.82 Å². The first-order valence-electron chi connectivity index (χ1n) is 8.86. The van der Waals surface area contributed by atoms with Gasteiger partial charge in [0.25, 0.3) is 0 Å². The molecule has 1 aliphatic rings. The molecule has 168 valence electrons. The van der Waals surface area contributed by atoms with Gasteiger partial charge in [0.1, 0.15) is 12.4 Å². The number of ether oxygens (including phenoxy) is 3. The fourth-order valence-corrected chi connectivity index (χ4v) is 2.95. The Labute approximate surface area is 171 Å². The molecule has 0 bridgehead atoms. The summed E-state index contributed by atoms with van der Waals surface area (Å²) >= 11 is 0. The third kappa shape index (κ3) is 5.53. The average Bonchev–Trinajstić information content (AvgIpc) is 2.68. The Morgan fingerprint density at radius 3 is 2.03 bits per heavy atom. The van der Waals surface area contributed by atoms with Gasteiger partial charge in [0.15, 0.2) is 12.4 Å². The van der Waals surface area contributed by atoms with Crippen LogP contribution in [0.5, 0.6) is 0 Å². The summed E-state index contributed by atoms with van der Waals surface area (Å²) < 4.78 is 108. The average molecular weight is 452 g/mol. The van der Waals surface area contributed by atoms with Gasteiger partial charge < -0.3 is 14.2 Å². The van der Waals surface area contributed by atoms with Crippen LogP contribution in [0.25, 0.3) is 0 Å². The van der Waals surface area contributed by atoms with E-state index in [1.807, 2.05) is 0 Å². The number of cyclic esters (lactones) is 1. The molecular weight excluding hydrogens is 437 g/mol. The van der Waals surface area contributed by atoms with E-state index in [9.17, 15) is 35.5 Å². The summed E-state index contributed by atoms with van der Waals surface area (Å²) in [6.45, 7) is 0.697. The standard InChI is InChI=1S/C20H15F7O4/c1-10(12-6-13(19(22,23)24)8-14(7-12)20(25,26)27)30-18-17(31-16(28)9-29-18)11-2-4-15(21)5-3-11/h2-8,10,17-18H,9H2,1H3/t10-,17+,18-/m1/s1. The van der Waals surface area contributed by atoms with Crippen LogP contribution < -0.4 is 0 Å². The van der Waals surface area contributed by atoms with Crippen molar-refractivity contribution in [3.05, 3.63) is 70.5 Å². The van der Waals surface area contributed by atoms with Crippen molar-refractivity contribution in [1.29, 1.82) is 0 Å². The molecule has 1 heterocycles. The number of esters is 1. The maximum absolute atomic E-state index is 13.2. The first kappa shape index (κ1) is 23.0. The molecule has 2 aromatic rings. The number of carbonyl (C=O) groups excluding carboxylic acids is 1. The van der Waals surface area contributed by atoms with Gasteiger partial charge in [-0.1, -0.05) is 12.1 Å². The highest BCUT2D eigenvalue weighted by atomic mass is 19.4. The van der Waals surface area contributed by atoms with Crippen LogP contribution >= 0.6 is 0 Å². The number of hydrogen-bond donors (Lipinski definition) is 0. The Morgan fingerprint density at radius 1 is 0.968 bits per heavy atom. The Balaban J connectivity index is 1.90. The lowest BCUT2D eigenvalue weighted by molar-refractivity contribution is -0.255. The van der Waals surface area contributed by atoms with Crippen LogP contribution in [-0.4, -0.2) is 18.9 Å². The number of carbonyl (C=O) groups is 1. The molecule has 11 heteroatoms. The van der Waals surface area contributed by atoms with Gasteiger partial charge in [-0.15, -0.1) is 0 Å². The van der Waals surface area contributed by atoms with Crippen LogP contribution in [0.2, 0.25) is 0 Å². The van der Waals surface area contributed by atoms with E-state index in [1.54, 1.807) is 0 Å². The fourth-order valence-electron chi connectivity index (χ4n) is 2.95. The molecule has 0 spiro atoms. The van der Waals surface area contributed by atoms with Crippen LogP contribution in [0.3, 0.4) is 0 Å². The van der Waals surface area contributed by atoms with Gasteiger partial charge in [0, 0.05) is 0 Å². The number of alkyl halides is 6. The molecule has 2 aromatic carbocycles.